The number of rotatable bonds is 3. The smallest absolute Gasteiger partial charge is 0.273 e. The minimum absolute atomic E-state index is 0.00281. The summed E-state index contributed by atoms with van der Waals surface area (Å²) in [6.07, 6.45) is 10.1. The number of halogens is 2. The number of hydrogen-bond acceptors (Lipinski definition) is 2. The predicted octanol–water partition coefficient (Wildman–Crippen LogP) is 5.19. The third kappa shape index (κ3) is 2.84. The highest BCUT2D eigenvalue weighted by Crippen LogP contribution is 2.67. The Kier molecular flexibility index (Phi) is 4.78. The molecule has 4 rings (SSSR count). The average molecular weight is 383 g/mol. The molecule has 0 saturated heterocycles. The normalized spacial score (nSPS) is 48.3. The number of hydrogen-bond donors (Lipinski definition) is 2. The van der Waals surface area contributed by atoms with E-state index in [0.29, 0.717) is 17.8 Å². The van der Waals surface area contributed by atoms with Crippen molar-refractivity contribution in [2.75, 3.05) is 6.61 Å². The zero-order valence-electron chi connectivity index (χ0n) is 17.1. The van der Waals surface area contributed by atoms with Gasteiger partial charge in [-0.05, 0) is 85.9 Å². The van der Waals surface area contributed by atoms with Crippen molar-refractivity contribution in [3.8, 4) is 0 Å². The molecule has 0 radical (unpaired) electrons. The van der Waals surface area contributed by atoms with Crippen LogP contribution < -0.4 is 0 Å². The van der Waals surface area contributed by atoms with Crippen molar-refractivity contribution in [2.45, 2.75) is 84.2 Å². The highest BCUT2D eigenvalue weighted by atomic mass is 19.3. The van der Waals surface area contributed by atoms with E-state index in [1.807, 2.05) is 0 Å². The monoisotopic (exact) mass is 382 g/mol. The van der Waals surface area contributed by atoms with Gasteiger partial charge in [0.05, 0.1) is 6.10 Å². The Hall–Kier alpha value is -0.480. The van der Waals surface area contributed by atoms with Gasteiger partial charge < -0.3 is 10.2 Å². The minimum Gasteiger partial charge on any atom is -0.393 e. The third-order valence-electron chi connectivity index (χ3n) is 9.63. The molecule has 154 valence electrons. The first-order valence-electron chi connectivity index (χ1n) is 11.0. The molecule has 8 atom stereocenters. The summed E-state index contributed by atoms with van der Waals surface area (Å²) in [7, 11) is 0. The number of aliphatic hydroxyl groups is 2. The summed E-state index contributed by atoms with van der Waals surface area (Å²) in [6, 6.07) is 0. The molecule has 3 fully saturated rings. The van der Waals surface area contributed by atoms with E-state index in [9.17, 15) is 19.0 Å². The van der Waals surface area contributed by atoms with Crippen molar-refractivity contribution in [3.63, 3.8) is 0 Å². The molecule has 2 N–H and O–H groups in total. The summed E-state index contributed by atoms with van der Waals surface area (Å²) in [5, 5.41) is 19.3. The zero-order valence-corrected chi connectivity index (χ0v) is 17.1. The van der Waals surface area contributed by atoms with Gasteiger partial charge in [-0.25, -0.2) is 8.78 Å². The molecule has 0 amide bonds. The Morgan fingerprint density at radius 3 is 2.59 bits per heavy atom. The minimum atomic E-state index is -2.98. The summed E-state index contributed by atoms with van der Waals surface area (Å²) in [6.45, 7) is 5.29. The fraction of sp³-hybridized carbons (Fsp3) is 0.913. The molecule has 4 heteroatoms. The maximum absolute atomic E-state index is 14.3. The van der Waals surface area contributed by atoms with Gasteiger partial charge in [-0.2, -0.15) is 0 Å². The molecule has 2 nitrogen and oxygen atoms in total. The highest BCUT2D eigenvalue weighted by molar-refractivity contribution is 5.25. The van der Waals surface area contributed by atoms with Crippen LogP contribution in [0.1, 0.15) is 72.1 Å². The van der Waals surface area contributed by atoms with Crippen LogP contribution in [0, 0.1) is 40.4 Å². The van der Waals surface area contributed by atoms with Crippen molar-refractivity contribution in [3.05, 3.63) is 11.6 Å². The van der Waals surface area contributed by atoms with Gasteiger partial charge in [-0.1, -0.05) is 32.4 Å². The lowest BCUT2D eigenvalue weighted by molar-refractivity contribution is -0.136. The first-order chi connectivity index (χ1) is 12.6. The summed E-state index contributed by atoms with van der Waals surface area (Å²) in [5.41, 5.74) is 1.62. The Labute approximate surface area is 162 Å². The van der Waals surface area contributed by atoms with Crippen LogP contribution in [0.4, 0.5) is 8.78 Å². The molecule has 0 aliphatic heterocycles. The van der Waals surface area contributed by atoms with E-state index in [0.717, 1.165) is 51.4 Å². The van der Waals surface area contributed by atoms with Crippen molar-refractivity contribution in [2.24, 2.45) is 40.4 Å². The largest absolute Gasteiger partial charge is 0.393 e. The lowest BCUT2D eigenvalue weighted by atomic mass is 9.47. The molecule has 0 aromatic heterocycles. The molecule has 4 aliphatic carbocycles. The first-order valence-corrected chi connectivity index (χ1v) is 11.0. The molecule has 0 spiro atoms. The van der Waals surface area contributed by atoms with Crippen LogP contribution in [0.25, 0.3) is 0 Å². The Bertz CT molecular complexity index is 617. The number of aliphatic hydroxyl groups excluding tert-OH is 2. The summed E-state index contributed by atoms with van der Waals surface area (Å²) in [4.78, 5) is 0. The van der Waals surface area contributed by atoms with Crippen LogP contribution in [0.3, 0.4) is 0 Å². The SMILES string of the molecule is CC(C1CCC2C3CC=C4CC(O)CCC4(C)C3CCC21C)C(F)(F)CO. The second kappa shape index (κ2) is 6.52. The van der Waals surface area contributed by atoms with Crippen molar-refractivity contribution in [1.29, 1.82) is 0 Å². The van der Waals surface area contributed by atoms with Gasteiger partial charge >= 0.3 is 0 Å². The van der Waals surface area contributed by atoms with E-state index in [4.69, 9.17) is 0 Å². The van der Waals surface area contributed by atoms with Gasteiger partial charge in [0.1, 0.15) is 6.61 Å². The fourth-order valence-corrected chi connectivity index (χ4v) is 7.94. The standard InChI is InChI=1S/C23H36F2O2/c1-14(23(24,25)13-26)18-6-7-19-17-5-4-15-12-16(27)8-10-21(15,2)20(17)9-11-22(18,19)3/h4,14,16-20,26-27H,5-13H2,1-3H3. The molecule has 0 heterocycles. The lowest BCUT2D eigenvalue weighted by Gasteiger charge is -2.58. The molecular weight excluding hydrogens is 346 g/mol. The van der Waals surface area contributed by atoms with E-state index >= 15 is 0 Å². The molecular formula is C23H36F2O2. The molecule has 8 unspecified atom stereocenters. The van der Waals surface area contributed by atoms with Crippen LogP contribution in [-0.4, -0.2) is 28.8 Å². The molecule has 27 heavy (non-hydrogen) atoms. The molecule has 0 bridgehead atoms. The second-order valence-electron chi connectivity index (χ2n) is 10.6. The fourth-order valence-electron chi connectivity index (χ4n) is 7.94. The van der Waals surface area contributed by atoms with E-state index in [2.05, 4.69) is 19.9 Å². The van der Waals surface area contributed by atoms with E-state index in [1.165, 1.54) is 5.57 Å². The maximum atomic E-state index is 14.3. The van der Waals surface area contributed by atoms with Crippen LogP contribution in [-0.2, 0) is 0 Å². The van der Waals surface area contributed by atoms with Gasteiger partial charge in [-0.15, -0.1) is 0 Å². The van der Waals surface area contributed by atoms with Crippen LogP contribution in [0.2, 0.25) is 0 Å². The van der Waals surface area contributed by atoms with E-state index < -0.39 is 18.4 Å². The molecule has 0 aromatic rings. The molecule has 0 aromatic carbocycles. The summed E-state index contributed by atoms with van der Waals surface area (Å²) < 4.78 is 28.6. The Morgan fingerprint density at radius 1 is 1.15 bits per heavy atom. The van der Waals surface area contributed by atoms with Gasteiger partial charge in [-0.3, -0.25) is 0 Å². The number of allylic oxidation sites excluding steroid dienone is 1. The average Bonchev–Trinajstić information content (AvgIpc) is 2.98. The van der Waals surface area contributed by atoms with Crippen molar-refractivity contribution in [1.82, 2.24) is 0 Å². The van der Waals surface area contributed by atoms with Crippen LogP contribution in [0.15, 0.2) is 11.6 Å². The topological polar surface area (TPSA) is 40.5 Å². The Morgan fingerprint density at radius 2 is 1.89 bits per heavy atom. The zero-order chi connectivity index (χ0) is 19.6. The quantitative estimate of drug-likeness (QED) is 0.660. The van der Waals surface area contributed by atoms with Crippen molar-refractivity contribution < 1.29 is 19.0 Å². The molecule has 3 saturated carbocycles. The Balaban J connectivity index is 1.61. The number of alkyl halides is 2. The lowest BCUT2D eigenvalue weighted by Crippen LogP contribution is -2.51. The van der Waals surface area contributed by atoms with Crippen LogP contribution >= 0.6 is 0 Å². The first kappa shape index (κ1) is 19.8. The van der Waals surface area contributed by atoms with Gasteiger partial charge in [0, 0.05) is 5.92 Å². The predicted molar refractivity (Wildman–Crippen MR) is 102 cm³/mol. The van der Waals surface area contributed by atoms with Crippen molar-refractivity contribution >= 4 is 0 Å². The van der Waals surface area contributed by atoms with Crippen LogP contribution in [0.5, 0.6) is 0 Å². The summed E-state index contributed by atoms with van der Waals surface area (Å²) >= 11 is 0. The summed E-state index contributed by atoms with van der Waals surface area (Å²) in [5.74, 6) is -2.01. The van der Waals surface area contributed by atoms with Gasteiger partial charge in [0.25, 0.3) is 5.92 Å². The number of fused-ring (bicyclic) bond motifs is 5. The van der Waals surface area contributed by atoms with E-state index in [-0.39, 0.29) is 22.9 Å². The third-order valence-corrected chi connectivity index (χ3v) is 9.63. The van der Waals surface area contributed by atoms with Gasteiger partial charge in [0.2, 0.25) is 0 Å². The highest BCUT2D eigenvalue weighted by Gasteiger charge is 2.61. The second-order valence-corrected chi connectivity index (χ2v) is 10.6. The molecule has 4 aliphatic rings. The van der Waals surface area contributed by atoms with Gasteiger partial charge in [0.15, 0.2) is 0 Å². The maximum Gasteiger partial charge on any atom is 0.273 e. The van der Waals surface area contributed by atoms with E-state index in [1.54, 1.807) is 6.92 Å².